The lowest BCUT2D eigenvalue weighted by atomic mass is 10.3. The van der Waals surface area contributed by atoms with Crippen molar-refractivity contribution in [3.63, 3.8) is 0 Å². The lowest BCUT2D eigenvalue weighted by Gasteiger charge is -2.00. The molecule has 0 unspecified atom stereocenters. The maximum atomic E-state index is 12.8. The van der Waals surface area contributed by atoms with Crippen LogP contribution in [0.4, 0.5) is 4.39 Å². The van der Waals surface area contributed by atoms with Crippen LogP contribution < -0.4 is 5.48 Å². The molecule has 0 bridgehead atoms. The van der Waals surface area contributed by atoms with Crippen LogP contribution in [0.1, 0.15) is 10.5 Å². The highest BCUT2D eigenvalue weighted by Gasteiger charge is 2.15. The van der Waals surface area contributed by atoms with Crippen LogP contribution in [0.3, 0.4) is 0 Å². The summed E-state index contributed by atoms with van der Waals surface area (Å²) in [6.07, 6.45) is 1.61. The summed E-state index contributed by atoms with van der Waals surface area (Å²) >= 11 is 3.23. The molecule has 0 spiro atoms. The molecular weight excluding hydrogens is 305 g/mol. The monoisotopic (exact) mass is 313 g/mol. The molecule has 0 saturated heterocycles. The third-order valence-corrected chi connectivity index (χ3v) is 2.75. The molecule has 1 aromatic heterocycles. The number of benzene rings is 1. The number of rotatable bonds is 3. The van der Waals surface area contributed by atoms with Crippen molar-refractivity contribution in [3.8, 4) is 5.69 Å². The number of hydroxylamine groups is 1. The smallest absolute Gasteiger partial charge is 0.277 e. The van der Waals surface area contributed by atoms with Crippen LogP contribution in [0.15, 0.2) is 34.9 Å². The Hall–Kier alpha value is -1.73. The molecule has 0 aliphatic carbocycles. The average Bonchev–Trinajstić information content (AvgIpc) is 2.72. The van der Waals surface area contributed by atoms with Crippen LogP contribution in [0, 0.1) is 5.82 Å². The average molecular weight is 314 g/mol. The van der Waals surface area contributed by atoms with Crippen molar-refractivity contribution >= 4 is 21.8 Å². The number of aromatic nitrogens is 2. The molecule has 0 aliphatic heterocycles. The van der Waals surface area contributed by atoms with Gasteiger partial charge in [0.1, 0.15) is 5.82 Å². The van der Waals surface area contributed by atoms with Gasteiger partial charge in [0.25, 0.3) is 5.91 Å². The van der Waals surface area contributed by atoms with E-state index in [0.717, 1.165) is 0 Å². The highest BCUT2D eigenvalue weighted by Crippen LogP contribution is 2.18. The topological polar surface area (TPSA) is 56.1 Å². The first-order valence-corrected chi connectivity index (χ1v) is 5.75. The fourth-order valence-corrected chi connectivity index (χ4v) is 1.83. The van der Waals surface area contributed by atoms with E-state index in [9.17, 15) is 9.18 Å². The quantitative estimate of drug-likeness (QED) is 0.883. The minimum Gasteiger partial charge on any atom is -0.277 e. The molecule has 1 aromatic carbocycles. The first-order valence-electron chi connectivity index (χ1n) is 4.96. The summed E-state index contributed by atoms with van der Waals surface area (Å²) < 4.78 is 14.8. The number of hydrogen-bond acceptors (Lipinski definition) is 3. The number of halogens is 2. The summed E-state index contributed by atoms with van der Waals surface area (Å²) in [4.78, 5) is 16.1. The van der Waals surface area contributed by atoms with Gasteiger partial charge in [0.2, 0.25) is 0 Å². The van der Waals surface area contributed by atoms with Crippen LogP contribution in [-0.2, 0) is 4.84 Å². The van der Waals surface area contributed by atoms with Crippen LogP contribution in [-0.4, -0.2) is 22.8 Å². The summed E-state index contributed by atoms with van der Waals surface area (Å²) in [5.74, 6) is -0.799. The minimum atomic E-state index is -0.467. The number of nitrogens with one attached hydrogen (secondary N) is 1. The van der Waals surface area contributed by atoms with Crippen molar-refractivity contribution in [2.75, 3.05) is 7.11 Å². The van der Waals surface area contributed by atoms with E-state index >= 15 is 0 Å². The Morgan fingerprint density at radius 2 is 2.11 bits per heavy atom. The van der Waals surface area contributed by atoms with Gasteiger partial charge >= 0.3 is 0 Å². The van der Waals surface area contributed by atoms with Crippen molar-refractivity contribution in [1.82, 2.24) is 15.3 Å². The third-order valence-electron chi connectivity index (χ3n) is 2.17. The zero-order valence-electron chi connectivity index (χ0n) is 9.35. The van der Waals surface area contributed by atoms with Gasteiger partial charge in [-0.25, -0.2) is 14.6 Å². The SMILES string of the molecule is CONC(=O)c1nn(-c2ccc(F)cc2)cc1Br. The van der Waals surface area contributed by atoms with E-state index in [1.54, 1.807) is 18.3 Å². The van der Waals surface area contributed by atoms with Crippen molar-refractivity contribution in [2.24, 2.45) is 0 Å². The molecule has 94 valence electrons. The summed E-state index contributed by atoms with van der Waals surface area (Å²) in [5, 5.41) is 4.08. The Bertz CT molecular complexity index is 568. The van der Waals surface area contributed by atoms with E-state index in [2.05, 4.69) is 31.3 Å². The number of nitrogens with zero attached hydrogens (tertiary/aromatic N) is 2. The van der Waals surface area contributed by atoms with Crippen LogP contribution >= 0.6 is 15.9 Å². The van der Waals surface area contributed by atoms with Crippen molar-refractivity contribution in [1.29, 1.82) is 0 Å². The standard InChI is InChI=1S/C11H9BrFN3O2/c1-18-15-11(17)10-9(12)6-16(14-10)8-4-2-7(13)3-5-8/h2-6H,1H3,(H,15,17). The minimum absolute atomic E-state index is 0.182. The van der Waals surface area contributed by atoms with E-state index in [-0.39, 0.29) is 11.5 Å². The first kappa shape index (κ1) is 12.7. The van der Waals surface area contributed by atoms with Gasteiger partial charge in [-0.3, -0.25) is 9.63 Å². The lowest BCUT2D eigenvalue weighted by molar-refractivity contribution is 0.0531. The molecule has 0 radical (unpaired) electrons. The Balaban J connectivity index is 2.34. The molecule has 18 heavy (non-hydrogen) atoms. The third kappa shape index (κ3) is 2.57. The zero-order chi connectivity index (χ0) is 13.1. The number of hydrogen-bond donors (Lipinski definition) is 1. The number of amides is 1. The molecule has 1 amide bonds. The summed E-state index contributed by atoms with van der Waals surface area (Å²) in [6.45, 7) is 0. The molecule has 0 aliphatic rings. The molecule has 0 atom stereocenters. The Morgan fingerprint density at radius 3 is 2.72 bits per heavy atom. The Kier molecular flexibility index (Phi) is 3.73. The van der Waals surface area contributed by atoms with E-state index in [4.69, 9.17) is 0 Å². The number of carbonyl (C=O) groups is 1. The van der Waals surface area contributed by atoms with Gasteiger partial charge < -0.3 is 0 Å². The maximum Gasteiger partial charge on any atom is 0.296 e. The second kappa shape index (κ2) is 5.28. The Morgan fingerprint density at radius 1 is 1.44 bits per heavy atom. The van der Waals surface area contributed by atoms with Gasteiger partial charge in [-0.15, -0.1) is 0 Å². The predicted molar refractivity (Wildman–Crippen MR) is 65.7 cm³/mol. The fourth-order valence-electron chi connectivity index (χ4n) is 1.37. The summed E-state index contributed by atoms with van der Waals surface area (Å²) in [5.41, 5.74) is 3.00. The molecule has 7 heteroatoms. The van der Waals surface area contributed by atoms with Gasteiger partial charge in [-0.05, 0) is 40.2 Å². The van der Waals surface area contributed by atoms with E-state index in [0.29, 0.717) is 10.2 Å². The largest absolute Gasteiger partial charge is 0.296 e. The number of carbonyl (C=O) groups excluding carboxylic acids is 1. The van der Waals surface area contributed by atoms with E-state index in [1.165, 1.54) is 23.9 Å². The molecular formula is C11H9BrFN3O2. The Labute approximate surface area is 111 Å². The van der Waals surface area contributed by atoms with Crippen molar-refractivity contribution in [2.45, 2.75) is 0 Å². The van der Waals surface area contributed by atoms with Crippen LogP contribution in [0.25, 0.3) is 5.69 Å². The van der Waals surface area contributed by atoms with Crippen molar-refractivity contribution < 1.29 is 14.0 Å². The highest BCUT2D eigenvalue weighted by molar-refractivity contribution is 9.10. The van der Waals surface area contributed by atoms with Crippen molar-refractivity contribution in [3.05, 3.63) is 46.4 Å². The predicted octanol–water partition coefficient (Wildman–Crippen LogP) is 2.07. The molecule has 5 nitrogen and oxygen atoms in total. The molecule has 2 aromatic rings. The second-order valence-electron chi connectivity index (χ2n) is 3.38. The van der Waals surface area contributed by atoms with E-state index < -0.39 is 5.91 Å². The summed E-state index contributed by atoms with van der Waals surface area (Å²) in [6, 6.07) is 5.76. The van der Waals surface area contributed by atoms with Gasteiger partial charge in [-0.2, -0.15) is 5.10 Å². The van der Waals surface area contributed by atoms with E-state index in [1.807, 2.05) is 0 Å². The molecule has 1 N–H and O–H groups in total. The highest BCUT2D eigenvalue weighted by atomic mass is 79.9. The fraction of sp³-hybridized carbons (Fsp3) is 0.0909. The first-order chi connectivity index (χ1) is 8.61. The van der Waals surface area contributed by atoms with Crippen LogP contribution in [0.5, 0.6) is 0 Å². The molecule has 0 fully saturated rings. The molecule has 1 heterocycles. The molecule has 2 rings (SSSR count). The van der Waals surface area contributed by atoms with Gasteiger partial charge in [0, 0.05) is 6.20 Å². The second-order valence-corrected chi connectivity index (χ2v) is 4.24. The molecule has 0 saturated carbocycles. The maximum absolute atomic E-state index is 12.8. The summed E-state index contributed by atoms with van der Waals surface area (Å²) in [7, 11) is 1.34. The lowest BCUT2D eigenvalue weighted by Crippen LogP contribution is -2.22. The van der Waals surface area contributed by atoms with Gasteiger partial charge in [-0.1, -0.05) is 0 Å². The normalized spacial score (nSPS) is 10.4. The van der Waals surface area contributed by atoms with Gasteiger partial charge in [0.15, 0.2) is 5.69 Å². The van der Waals surface area contributed by atoms with Crippen LogP contribution in [0.2, 0.25) is 0 Å². The zero-order valence-corrected chi connectivity index (χ0v) is 10.9. The van der Waals surface area contributed by atoms with Gasteiger partial charge in [0.05, 0.1) is 17.3 Å².